The Balaban J connectivity index is 5.21. The van der Waals surface area contributed by atoms with E-state index in [0.29, 0.717) is 39.0 Å². The number of hydrogen-bond donors (Lipinski definition) is 0. The maximum atomic E-state index is 13.6. The Bertz CT molecular complexity index is 843. The van der Waals surface area contributed by atoms with Crippen molar-refractivity contribution in [2.24, 2.45) is 0 Å². The fourth-order valence-corrected chi connectivity index (χ4v) is 6.10. The van der Waals surface area contributed by atoms with E-state index in [1.165, 1.54) is 83.5 Å². The van der Waals surface area contributed by atoms with Gasteiger partial charge in [0.2, 0.25) is 5.91 Å². The summed E-state index contributed by atoms with van der Waals surface area (Å²) in [6.07, 6.45) is 24.2. The molecule has 0 aromatic carbocycles. The van der Waals surface area contributed by atoms with Crippen LogP contribution in [-0.4, -0.2) is 92.6 Å². The summed E-state index contributed by atoms with van der Waals surface area (Å²) in [6.45, 7) is 14.4. The van der Waals surface area contributed by atoms with E-state index < -0.39 is 17.6 Å². The first-order chi connectivity index (χ1) is 24.9. The van der Waals surface area contributed by atoms with Crippen LogP contribution in [0.2, 0.25) is 0 Å². The molecule has 0 aliphatic rings. The quantitative estimate of drug-likeness (QED) is 0.0356. The highest BCUT2D eigenvalue weighted by molar-refractivity contribution is 5.85. The van der Waals surface area contributed by atoms with Crippen molar-refractivity contribution in [3.8, 4) is 0 Å². The molecule has 0 spiro atoms. The highest BCUT2D eigenvalue weighted by Gasteiger charge is 2.34. The van der Waals surface area contributed by atoms with Crippen molar-refractivity contribution in [2.45, 2.75) is 214 Å². The van der Waals surface area contributed by atoms with E-state index in [2.05, 4.69) is 25.7 Å². The molecular weight excluding hydrogens is 656 g/mol. The summed E-state index contributed by atoms with van der Waals surface area (Å²) in [5.41, 5.74) is -0.734. The minimum absolute atomic E-state index is 0.0888. The number of unbranched alkanes of at least 4 members (excludes halogenated alkanes) is 16. The smallest absolute Gasteiger partial charge is 0.332 e. The molecule has 0 heterocycles. The summed E-state index contributed by atoms with van der Waals surface area (Å²) in [5.74, 6) is -0.994. The molecule has 1 amide bonds. The first kappa shape index (κ1) is 50.3. The van der Waals surface area contributed by atoms with E-state index in [1.54, 1.807) is 4.90 Å². The van der Waals surface area contributed by atoms with Crippen LogP contribution in [0.15, 0.2) is 0 Å². The fraction of sp³-hybridized carbons (Fsp3) is 0.930. The molecule has 1 atom stereocenters. The molecule has 9 nitrogen and oxygen atoms in total. The summed E-state index contributed by atoms with van der Waals surface area (Å²) >= 11 is 0. The van der Waals surface area contributed by atoms with Gasteiger partial charge in [0, 0.05) is 32.6 Å². The molecule has 308 valence electrons. The zero-order valence-electron chi connectivity index (χ0n) is 35.4. The van der Waals surface area contributed by atoms with E-state index in [0.717, 1.165) is 51.5 Å². The zero-order chi connectivity index (χ0) is 38.9. The molecule has 0 aromatic rings. The molecule has 1 unspecified atom stereocenters. The predicted molar refractivity (Wildman–Crippen MR) is 214 cm³/mol. The summed E-state index contributed by atoms with van der Waals surface area (Å²) in [6, 6.07) is -0.979. The number of nitrogens with zero attached hydrogens (tertiary/aromatic N) is 2. The van der Waals surface area contributed by atoms with Crippen LogP contribution in [0.25, 0.3) is 0 Å². The summed E-state index contributed by atoms with van der Waals surface area (Å²) in [5, 5.41) is 0. The van der Waals surface area contributed by atoms with Gasteiger partial charge in [-0.25, -0.2) is 4.79 Å². The molecule has 0 rings (SSSR count). The average molecular weight is 741 g/mol. The van der Waals surface area contributed by atoms with Gasteiger partial charge in [-0.15, -0.1) is 0 Å². The van der Waals surface area contributed by atoms with Crippen molar-refractivity contribution in [3.63, 3.8) is 0 Å². The molecule has 0 aliphatic heterocycles. The third-order valence-electron chi connectivity index (χ3n) is 9.20. The second-order valence-corrected chi connectivity index (χ2v) is 15.9. The van der Waals surface area contributed by atoms with E-state index in [4.69, 9.17) is 18.9 Å². The molecule has 9 heteroatoms. The van der Waals surface area contributed by atoms with Gasteiger partial charge in [-0.2, -0.15) is 0 Å². The van der Waals surface area contributed by atoms with Crippen LogP contribution in [0.1, 0.15) is 196 Å². The van der Waals surface area contributed by atoms with E-state index >= 15 is 0 Å². The maximum absolute atomic E-state index is 13.6. The Kier molecular flexibility index (Phi) is 32.7. The Hall–Kier alpha value is -1.71. The van der Waals surface area contributed by atoms with Gasteiger partial charge < -0.3 is 28.7 Å². The lowest BCUT2D eigenvalue weighted by Crippen LogP contribution is -2.51. The summed E-state index contributed by atoms with van der Waals surface area (Å²) in [4.78, 5) is 43.7. The topological polar surface area (TPSA) is 94.6 Å². The Morgan fingerprint density at radius 2 is 1.06 bits per heavy atom. The van der Waals surface area contributed by atoms with Crippen molar-refractivity contribution >= 4 is 17.8 Å². The average Bonchev–Trinajstić information content (AvgIpc) is 3.08. The number of amides is 1. The van der Waals surface area contributed by atoms with E-state index in [1.807, 2.05) is 34.9 Å². The molecule has 0 N–H and O–H groups in total. The van der Waals surface area contributed by atoms with E-state index in [9.17, 15) is 14.4 Å². The molecular formula is C43H84N2O7. The van der Waals surface area contributed by atoms with Gasteiger partial charge in [0.05, 0.1) is 0 Å². The lowest BCUT2D eigenvalue weighted by molar-refractivity contribution is -0.169. The molecule has 0 saturated carbocycles. The number of rotatable bonds is 36. The van der Waals surface area contributed by atoms with Gasteiger partial charge >= 0.3 is 11.9 Å². The maximum Gasteiger partial charge on any atom is 0.332 e. The number of carbonyl (C=O) groups excluding carboxylic acids is 3. The van der Waals surface area contributed by atoms with Crippen LogP contribution in [0.4, 0.5) is 0 Å². The molecule has 0 saturated heterocycles. The Labute approximate surface area is 321 Å². The largest absolute Gasteiger partial charge is 0.463 e. The number of esters is 2. The Morgan fingerprint density at radius 1 is 0.577 bits per heavy atom. The summed E-state index contributed by atoms with van der Waals surface area (Å²) < 4.78 is 23.8. The van der Waals surface area contributed by atoms with Gasteiger partial charge in [0.25, 0.3) is 0 Å². The molecule has 0 bridgehead atoms. The second-order valence-electron chi connectivity index (χ2n) is 15.9. The fourth-order valence-electron chi connectivity index (χ4n) is 6.10. The van der Waals surface area contributed by atoms with Crippen LogP contribution in [0.3, 0.4) is 0 Å². The van der Waals surface area contributed by atoms with Gasteiger partial charge in [0.15, 0.2) is 12.3 Å². The first-order valence-electron chi connectivity index (χ1n) is 21.5. The predicted octanol–water partition coefficient (Wildman–Crippen LogP) is 10.4. The molecule has 0 fully saturated rings. The summed E-state index contributed by atoms with van der Waals surface area (Å²) in [7, 11) is 3.97. The lowest BCUT2D eigenvalue weighted by Gasteiger charge is -2.32. The van der Waals surface area contributed by atoms with Gasteiger partial charge in [-0.05, 0) is 86.4 Å². The van der Waals surface area contributed by atoms with Crippen LogP contribution >= 0.6 is 0 Å². The van der Waals surface area contributed by atoms with Gasteiger partial charge in [0.1, 0.15) is 12.2 Å². The molecule has 0 aliphatic carbocycles. The number of carbonyl (C=O) groups is 3. The van der Waals surface area contributed by atoms with Gasteiger partial charge in [-0.3, -0.25) is 9.59 Å². The monoisotopic (exact) mass is 741 g/mol. The number of ether oxygens (including phenoxy) is 4. The van der Waals surface area contributed by atoms with Crippen molar-refractivity contribution in [2.75, 3.05) is 47.0 Å². The van der Waals surface area contributed by atoms with Crippen LogP contribution < -0.4 is 0 Å². The molecule has 52 heavy (non-hydrogen) atoms. The molecule has 0 radical (unpaired) electrons. The minimum atomic E-state index is -0.979. The highest BCUT2D eigenvalue weighted by Crippen LogP contribution is 2.18. The van der Waals surface area contributed by atoms with Crippen LogP contribution in [-0.2, 0) is 33.3 Å². The van der Waals surface area contributed by atoms with Crippen molar-refractivity contribution < 1.29 is 33.3 Å². The third kappa shape index (κ3) is 30.7. The van der Waals surface area contributed by atoms with Gasteiger partial charge in [-0.1, -0.05) is 117 Å². The molecule has 0 aromatic heterocycles. The third-order valence-corrected chi connectivity index (χ3v) is 9.20. The normalized spacial score (nSPS) is 12.4. The van der Waals surface area contributed by atoms with Crippen molar-refractivity contribution in [1.29, 1.82) is 0 Å². The van der Waals surface area contributed by atoms with Crippen molar-refractivity contribution in [1.82, 2.24) is 9.80 Å². The zero-order valence-corrected chi connectivity index (χ0v) is 35.4. The number of hydrogen-bond acceptors (Lipinski definition) is 8. The van der Waals surface area contributed by atoms with Crippen LogP contribution in [0, 0.1) is 0 Å². The van der Waals surface area contributed by atoms with Crippen LogP contribution in [0.5, 0.6) is 0 Å². The minimum Gasteiger partial charge on any atom is -0.463 e. The standard InChI is InChI=1S/C43H84N2O7/c1-9-12-15-18-21-24-30-39(46)45(34-29-33-44(7)8)38(42(48)52-43(4,5)6)37-51-40(47)31-25-26-32-41(49-35-27-22-19-16-13-10-2)50-36-28-23-20-17-14-11-3/h38,41H,9-37H2,1-8H3. The highest BCUT2D eigenvalue weighted by atomic mass is 16.7. The lowest BCUT2D eigenvalue weighted by atomic mass is 10.1. The first-order valence-corrected chi connectivity index (χ1v) is 21.5. The SMILES string of the molecule is CCCCCCCCOC(CCCCC(=O)OCC(C(=O)OC(C)(C)C)N(CCCN(C)C)C(=O)CCCCCCCC)OCCCCCCCC. The second kappa shape index (κ2) is 33.8. The Morgan fingerprint density at radius 3 is 1.56 bits per heavy atom. The van der Waals surface area contributed by atoms with E-state index in [-0.39, 0.29) is 31.2 Å². The van der Waals surface area contributed by atoms with Crippen molar-refractivity contribution in [3.05, 3.63) is 0 Å².